The van der Waals surface area contributed by atoms with E-state index in [2.05, 4.69) is 51.6 Å². The largest absolute Gasteiger partial charge is 0.349 e. The Morgan fingerprint density at radius 3 is 2.43 bits per heavy atom. The molecule has 1 aromatic heterocycles. The minimum atomic E-state index is -0.330. The fourth-order valence-electron chi connectivity index (χ4n) is 2.32. The lowest BCUT2D eigenvalue weighted by Gasteiger charge is -2.25. The number of hydrogen-bond acceptors (Lipinski definition) is 4. The molecule has 1 amide bonds. The summed E-state index contributed by atoms with van der Waals surface area (Å²) < 4.78 is 0. The van der Waals surface area contributed by atoms with E-state index in [-0.39, 0.29) is 23.2 Å². The summed E-state index contributed by atoms with van der Waals surface area (Å²) in [5.74, 6) is -0.307. The fourth-order valence-corrected chi connectivity index (χ4v) is 2.32. The Morgan fingerprint density at radius 1 is 1.22 bits per heavy atom. The minimum absolute atomic E-state index is 0.0626. The predicted molar refractivity (Wildman–Crippen MR) is 89.4 cm³/mol. The van der Waals surface area contributed by atoms with Crippen molar-refractivity contribution >= 4 is 5.91 Å². The van der Waals surface area contributed by atoms with Gasteiger partial charge in [0.1, 0.15) is 5.69 Å². The second-order valence-electron chi connectivity index (χ2n) is 5.59. The van der Waals surface area contributed by atoms with Crippen LogP contribution >= 0.6 is 0 Å². The Bertz CT molecular complexity index is 687. The van der Waals surface area contributed by atoms with E-state index in [0.717, 1.165) is 12.0 Å². The topological polar surface area (TPSA) is 78.1 Å². The van der Waals surface area contributed by atoms with Crippen LogP contribution in [0.3, 0.4) is 0 Å². The van der Waals surface area contributed by atoms with Crippen molar-refractivity contribution in [1.29, 1.82) is 0 Å². The van der Waals surface area contributed by atoms with Crippen LogP contribution in [0, 0.1) is 0 Å². The van der Waals surface area contributed by atoms with Crippen molar-refractivity contribution in [1.82, 2.24) is 20.4 Å². The molecule has 23 heavy (non-hydrogen) atoms. The number of H-pyrrole nitrogens is 1. The molecule has 0 radical (unpaired) electrons. The van der Waals surface area contributed by atoms with Crippen LogP contribution in [0.15, 0.2) is 41.2 Å². The first-order valence-electron chi connectivity index (χ1n) is 7.60. The Labute approximate surface area is 135 Å². The Morgan fingerprint density at radius 2 is 1.91 bits per heavy atom. The highest BCUT2D eigenvalue weighted by molar-refractivity contribution is 5.91. The summed E-state index contributed by atoms with van der Waals surface area (Å²) in [6, 6.07) is 11.2. The summed E-state index contributed by atoms with van der Waals surface area (Å²) in [4.78, 5) is 25.1. The van der Waals surface area contributed by atoms with Gasteiger partial charge in [0.15, 0.2) is 0 Å². The Balaban J connectivity index is 2.05. The van der Waals surface area contributed by atoms with Crippen LogP contribution in [-0.2, 0) is 6.42 Å². The van der Waals surface area contributed by atoms with E-state index in [1.165, 1.54) is 17.7 Å². The third-order valence-corrected chi connectivity index (χ3v) is 3.76. The molecule has 0 bridgehead atoms. The first-order valence-corrected chi connectivity index (χ1v) is 7.60. The predicted octanol–water partition coefficient (Wildman–Crippen LogP) is 1.36. The van der Waals surface area contributed by atoms with Gasteiger partial charge in [-0.1, -0.05) is 31.2 Å². The number of nitrogens with zero attached hydrogens (tertiary/aromatic N) is 2. The second-order valence-corrected chi connectivity index (χ2v) is 5.59. The number of likely N-dealkylation sites (N-methyl/N-ethyl adjacent to an activating group) is 1. The SMILES string of the molecule is CCc1ccc(C(CNC(=O)c2ccc(=O)[nH]n2)N(C)C)cc1. The molecule has 0 saturated heterocycles. The smallest absolute Gasteiger partial charge is 0.271 e. The van der Waals surface area contributed by atoms with Gasteiger partial charge in [-0.3, -0.25) is 9.59 Å². The van der Waals surface area contributed by atoms with Crippen molar-refractivity contribution in [3.63, 3.8) is 0 Å². The lowest BCUT2D eigenvalue weighted by atomic mass is 10.0. The standard InChI is InChI=1S/C17H22N4O2/c1-4-12-5-7-13(8-6-12)15(21(2)3)11-18-17(23)14-9-10-16(22)20-19-14/h5-10,15H,4,11H2,1-3H3,(H,18,23)(H,20,22). The Hall–Kier alpha value is -2.47. The third-order valence-electron chi connectivity index (χ3n) is 3.76. The molecule has 1 heterocycles. The van der Waals surface area contributed by atoms with Gasteiger partial charge in [-0.05, 0) is 37.7 Å². The van der Waals surface area contributed by atoms with E-state index in [4.69, 9.17) is 0 Å². The molecule has 2 rings (SSSR count). The molecule has 0 fully saturated rings. The summed E-state index contributed by atoms with van der Waals surface area (Å²) in [5, 5.41) is 8.85. The van der Waals surface area contributed by atoms with Gasteiger partial charge in [-0.2, -0.15) is 5.10 Å². The first kappa shape index (κ1) is 16.9. The van der Waals surface area contributed by atoms with Gasteiger partial charge in [0.2, 0.25) is 0 Å². The lowest BCUT2D eigenvalue weighted by Crippen LogP contribution is -2.35. The summed E-state index contributed by atoms with van der Waals surface area (Å²) in [7, 11) is 3.95. The molecule has 2 aromatic rings. The lowest BCUT2D eigenvalue weighted by molar-refractivity contribution is 0.0936. The number of aryl methyl sites for hydroxylation is 1. The molecule has 0 spiro atoms. The number of carbonyl (C=O) groups is 1. The molecule has 0 aliphatic carbocycles. The number of carbonyl (C=O) groups excluding carboxylic acids is 1. The number of aromatic amines is 1. The number of rotatable bonds is 6. The van der Waals surface area contributed by atoms with E-state index in [9.17, 15) is 9.59 Å². The summed E-state index contributed by atoms with van der Waals surface area (Å²) in [6.07, 6.45) is 1.00. The molecule has 0 saturated carbocycles. The number of benzene rings is 1. The maximum Gasteiger partial charge on any atom is 0.271 e. The van der Waals surface area contributed by atoms with Gasteiger partial charge in [-0.15, -0.1) is 0 Å². The highest BCUT2D eigenvalue weighted by Crippen LogP contribution is 2.18. The van der Waals surface area contributed by atoms with Crippen molar-refractivity contribution in [2.24, 2.45) is 0 Å². The van der Waals surface area contributed by atoms with Gasteiger partial charge in [0.25, 0.3) is 11.5 Å². The van der Waals surface area contributed by atoms with Crippen molar-refractivity contribution in [3.8, 4) is 0 Å². The van der Waals surface area contributed by atoms with Crippen molar-refractivity contribution in [2.45, 2.75) is 19.4 Å². The molecule has 1 atom stereocenters. The van der Waals surface area contributed by atoms with E-state index in [1.807, 2.05) is 14.1 Å². The van der Waals surface area contributed by atoms with Gasteiger partial charge in [0.05, 0.1) is 6.04 Å². The summed E-state index contributed by atoms with van der Waals surface area (Å²) in [5.41, 5.74) is 2.29. The first-order chi connectivity index (χ1) is 11.0. The highest BCUT2D eigenvalue weighted by Gasteiger charge is 2.16. The average Bonchev–Trinajstić information content (AvgIpc) is 2.55. The molecule has 6 heteroatoms. The zero-order chi connectivity index (χ0) is 16.8. The second kappa shape index (κ2) is 7.69. The normalized spacial score (nSPS) is 12.2. The van der Waals surface area contributed by atoms with Crippen LogP contribution in [0.2, 0.25) is 0 Å². The molecular weight excluding hydrogens is 292 g/mol. The van der Waals surface area contributed by atoms with Gasteiger partial charge >= 0.3 is 0 Å². The average molecular weight is 314 g/mol. The van der Waals surface area contributed by atoms with E-state index in [1.54, 1.807) is 0 Å². The number of amides is 1. The number of nitrogens with one attached hydrogen (secondary N) is 2. The molecule has 0 aliphatic rings. The van der Waals surface area contributed by atoms with E-state index in [0.29, 0.717) is 6.54 Å². The quantitative estimate of drug-likeness (QED) is 0.844. The molecular formula is C17H22N4O2. The van der Waals surface area contributed by atoms with E-state index < -0.39 is 0 Å². The summed E-state index contributed by atoms with van der Waals surface area (Å²) >= 11 is 0. The fraction of sp³-hybridized carbons (Fsp3) is 0.353. The van der Waals surface area contributed by atoms with E-state index >= 15 is 0 Å². The summed E-state index contributed by atoms with van der Waals surface area (Å²) in [6.45, 7) is 2.58. The molecule has 6 nitrogen and oxygen atoms in total. The molecule has 2 N–H and O–H groups in total. The van der Waals surface area contributed by atoms with Crippen molar-refractivity contribution < 1.29 is 4.79 Å². The minimum Gasteiger partial charge on any atom is -0.349 e. The van der Waals surface area contributed by atoms with Crippen LogP contribution < -0.4 is 10.9 Å². The number of hydrogen-bond donors (Lipinski definition) is 2. The van der Waals surface area contributed by atoms with Crippen LogP contribution in [0.4, 0.5) is 0 Å². The van der Waals surface area contributed by atoms with Gasteiger partial charge in [-0.25, -0.2) is 5.10 Å². The molecule has 0 aliphatic heterocycles. The molecule has 122 valence electrons. The maximum atomic E-state index is 12.1. The third kappa shape index (κ3) is 4.50. The van der Waals surface area contributed by atoms with Crippen LogP contribution in [0.5, 0.6) is 0 Å². The van der Waals surface area contributed by atoms with Crippen LogP contribution in [0.1, 0.15) is 34.6 Å². The van der Waals surface area contributed by atoms with Crippen LogP contribution in [0.25, 0.3) is 0 Å². The zero-order valence-corrected chi connectivity index (χ0v) is 13.7. The van der Waals surface area contributed by atoms with Crippen molar-refractivity contribution in [2.75, 3.05) is 20.6 Å². The number of aromatic nitrogens is 2. The van der Waals surface area contributed by atoms with Gasteiger partial charge in [0, 0.05) is 12.6 Å². The highest BCUT2D eigenvalue weighted by atomic mass is 16.2. The maximum absolute atomic E-state index is 12.1. The van der Waals surface area contributed by atoms with Crippen LogP contribution in [-0.4, -0.2) is 41.6 Å². The van der Waals surface area contributed by atoms with Gasteiger partial charge < -0.3 is 10.2 Å². The monoisotopic (exact) mass is 314 g/mol. The zero-order valence-electron chi connectivity index (χ0n) is 13.7. The molecule has 1 aromatic carbocycles. The van der Waals surface area contributed by atoms with Crippen molar-refractivity contribution in [3.05, 3.63) is 63.6 Å². The Kier molecular flexibility index (Phi) is 5.65. The molecule has 1 unspecified atom stereocenters.